The zero-order chi connectivity index (χ0) is 13.6. The van der Waals surface area contributed by atoms with Crippen LogP contribution in [0.5, 0.6) is 0 Å². The molecule has 0 radical (unpaired) electrons. The summed E-state index contributed by atoms with van der Waals surface area (Å²) in [6.07, 6.45) is 3.16. The van der Waals surface area contributed by atoms with Crippen molar-refractivity contribution in [3.63, 3.8) is 0 Å². The number of rotatable bonds is 7. The summed E-state index contributed by atoms with van der Waals surface area (Å²) < 4.78 is 6.58. The average Bonchev–Trinajstić information content (AvgIpc) is 2.34. The first-order valence-corrected chi connectivity index (χ1v) is 7.65. The molecule has 0 saturated heterocycles. The SMILES string of the molecule is COC(C)(C)CCC(CCl)Cc1cccc(Br)c1. The van der Waals surface area contributed by atoms with E-state index < -0.39 is 0 Å². The van der Waals surface area contributed by atoms with Crippen molar-refractivity contribution in [2.45, 2.75) is 38.7 Å². The summed E-state index contributed by atoms with van der Waals surface area (Å²) in [5.74, 6) is 1.21. The van der Waals surface area contributed by atoms with Crippen molar-refractivity contribution in [2.75, 3.05) is 13.0 Å². The van der Waals surface area contributed by atoms with Crippen LogP contribution in [0.3, 0.4) is 0 Å². The van der Waals surface area contributed by atoms with Crippen molar-refractivity contribution in [3.8, 4) is 0 Å². The Hall–Kier alpha value is -0.0500. The van der Waals surface area contributed by atoms with Gasteiger partial charge < -0.3 is 4.74 Å². The average molecular weight is 334 g/mol. The normalized spacial score (nSPS) is 13.6. The van der Waals surface area contributed by atoms with Crippen LogP contribution in [-0.4, -0.2) is 18.6 Å². The standard InChI is InChI=1S/C15H22BrClO/c1-15(2,18-3)8-7-13(11-17)9-12-5-4-6-14(16)10-12/h4-6,10,13H,7-9,11H2,1-3H3. The predicted octanol–water partition coefficient (Wildman–Crippen LogP) is 5.05. The molecular weight excluding hydrogens is 312 g/mol. The van der Waals surface area contributed by atoms with E-state index in [1.165, 1.54) is 5.56 Å². The molecule has 102 valence electrons. The van der Waals surface area contributed by atoms with E-state index in [4.69, 9.17) is 16.3 Å². The molecule has 1 unspecified atom stereocenters. The number of halogens is 2. The minimum Gasteiger partial charge on any atom is -0.379 e. The first-order chi connectivity index (χ1) is 8.46. The maximum atomic E-state index is 6.08. The van der Waals surface area contributed by atoms with Crippen molar-refractivity contribution < 1.29 is 4.74 Å². The van der Waals surface area contributed by atoms with Gasteiger partial charge >= 0.3 is 0 Å². The lowest BCUT2D eigenvalue weighted by molar-refractivity contribution is 0.0110. The molecule has 0 spiro atoms. The number of methoxy groups -OCH3 is 1. The second-order valence-corrected chi connectivity index (χ2v) is 6.58. The first-order valence-electron chi connectivity index (χ1n) is 6.32. The highest BCUT2D eigenvalue weighted by molar-refractivity contribution is 9.10. The Morgan fingerprint density at radius 2 is 2.11 bits per heavy atom. The van der Waals surface area contributed by atoms with Gasteiger partial charge in [-0.3, -0.25) is 0 Å². The molecule has 0 saturated carbocycles. The summed E-state index contributed by atoms with van der Waals surface area (Å²) in [6.45, 7) is 4.24. The Morgan fingerprint density at radius 1 is 1.39 bits per heavy atom. The first kappa shape index (κ1) is 16.0. The third-order valence-electron chi connectivity index (χ3n) is 3.34. The van der Waals surface area contributed by atoms with Crippen LogP contribution in [-0.2, 0) is 11.2 Å². The Morgan fingerprint density at radius 3 is 2.67 bits per heavy atom. The molecule has 0 aliphatic carbocycles. The third-order valence-corrected chi connectivity index (χ3v) is 4.27. The third kappa shape index (κ3) is 5.73. The van der Waals surface area contributed by atoms with Crippen molar-refractivity contribution >= 4 is 27.5 Å². The minimum absolute atomic E-state index is 0.0540. The lowest BCUT2D eigenvalue weighted by atomic mass is 9.91. The van der Waals surface area contributed by atoms with E-state index in [-0.39, 0.29) is 5.60 Å². The summed E-state index contributed by atoms with van der Waals surface area (Å²) in [5.41, 5.74) is 1.28. The number of hydrogen-bond acceptors (Lipinski definition) is 1. The van der Waals surface area contributed by atoms with Gasteiger partial charge in [-0.2, -0.15) is 0 Å². The number of benzene rings is 1. The van der Waals surface area contributed by atoms with Crippen LogP contribution in [0.4, 0.5) is 0 Å². The smallest absolute Gasteiger partial charge is 0.0622 e. The van der Waals surface area contributed by atoms with Crippen LogP contribution >= 0.6 is 27.5 Å². The summed E-state index contributed by atoms with van der Waals surface area (Å²) >= 11 is 9.58. The summed E-state index contributed by atoms with van der Waals surface area (Å²) in [4.78, 5) is 0. The highest BCUT2D eigenvalue weighted by Gasteiger charge is 2.19. The van der Waals surface area contributed by atoms with Gasteiger partial charge in [0.15, 0.2) is 0 Å². The molecule has 3 heteroatoms. The molecular formula is C15H22BrClO. The van der Waals surface area contributed by atoms with Gasteiger partial charge in [-0.05, 0) is 56.7 Å². The molecule has 0 aliphatic heterocycles. The Bertz CT molecular complexity index is 365. The van der Waals surface area contributed by atoms with Gasteiger partial charge in [0.1, 0.15) is 0 Å². The lowest BCUT2D eigenvalue weighted by Gasteiger charge is -2.25. The monoisotopic (exact) mass is 332 g/mol. The molecule has 1 nitrogen and oxygen atoms in total. The van der Waals surface area contributed by atoms with E-state index in [1.807, 2.05) is 6.07 Å². The van der Waals surface area contributed by atoms with E-state index in [0.717, 1.165) is 23.7 Å². The molecule has 0 heterocycles. The van der Waals surface area contributed by atoms with E-state index in [0.29, 0.717) is 11.8 Å². The number of ether oxygens (including phenoxy) is 1. The molecule has 0 N–H and O–H groups in total. The highest BCUT2D eigenvalue weighted by atomic mass is 79.9. The Balaban J connectivity index is 2.52. The number of hydrogen-bond donors (Lipinski definition) is 0. The van der Waals surface area contributed by atoms with Crippen molar-refractivity contribution in [3.05, 3.63) is 34.3 Å². The van der Waals surface area contributed by atoms with Crippen molar-refractivity contribution in [2.24, 2.45) is 5.92 Å². The minimum atomic E-state index is -0.0540. The van der Waals surface area contributed by atoms with Crippen LogP contribution in [0, 0.1) is 5.92 Å². The molecule has 0 bridgehead atoms. The quantitative estimate of drug-likeness (QED) is 0.634. The molecule has 0 fully saturated rings. The van der Waals surface area contributed by atoms with Gasteiger partial charge in [0.2, 0.25) is 0 Å². The van der Waals surface area contributed by atoms with E-state index in [2.05, 4.69) is 48.0 Å². The molecule has 1 aromatic carbocycles. The van der Waals surface area contributed by atoms with Crippen LogP contribution in [0.25, 0.3) is 0 Å². The molecule has 1 atom stereocenters. The maximum absolute atomic E-state index is 6.08. The summed E-state index contributed by atoms with van der Waals surface area (Å²) in [5, 5.41) is 0. The van der Waals surface area contributed by atoms with Crippen LogP contribution < -0.4 is 0 Å². The summed E-state index contributed by atoms with van der Waals surface area (Å²) in [6, 6.07) is 8.45. The zero-order valence-electron chi connectivity index (χ0n) is 11.4. The van der Waals surface area contributed by atoms with Gasteiger partial charge in [-0.25, -0.2) is 0 Å². The molecule has 1 rings (SSSR count). The van der Waals surface area contributed by atoms with Crippen LogP contribution in [0.15, 0.2) is 28.7 Å². The van der Waals surface area contributed by atoms with Crippen molar-refractivity contribution in [1.29, 1.82) is 0 Å². The van der Waals surface area contributed by atoms with Gasteiger partial charge in [0.05, 0.1) is 5.60 Å². The highest BCUT2D eigenvalue weighted by Crippen LogP contribution is 2.23. The fourth-order valence-corrected chi connectivity index (χ4v) is 2.59. The number of alkyl halides is 1. The van der Waals surface area contributed by atoms with Gasteiger partial charge in [0.25, 0.3) is 0 Å². The predicted molar refractivity (Wildman–Crippen MR) is 82.4 cm³/mol. The van der Waals surface area contributed by atoms with Gasteiger partial charge in [-0.15, -0.1) is 11.6 Å². The molecule has 18 heavy (non-hydrogen) atoms. The molecule has 1 aromatic rings. The topological polar surface area (TPSA) is 9.23 Å². The zero-order valence-corrected chi connectivity index (χ0v) is 13.7. The fourth-order valence-electron chi connectivity index (χ4n) is 1.88. The van der Waals surface area contributed by atoms with E-state index >= 15 is 0 Å². The van der Waals surface area contributed by atoms with E-state index in [9.17, 15) is 0 Å². The van der Waals surface area contributed by atoms with Crippen LogP contribution in [0.1, 0.15) is 32.3 Å². The van der Waals surface area contributed by atoms with E-state index in [1.54, 1.807) is 7.11 Å². The Kier molecular flexibility index (Phi) is 6.68. The second-order valence-electron chi connectivity index (χ2n) is 5.36. The van der Waals surface area contributed by atoms with Gasteiger partial charge in [0, 0.05) is 17.5 Å². The Labute approximate surface area is 124 Å². The van der Waals surface area contributed by atoms with Crippen molar-refractivity contribution in [1.82, 2.24) is 0 Å². The summed E-state index contributed by atoms with van der Waals surface area (Å²) in [7, 11) is 1.77. The maximum Gasteiger partial charge on any atom is 0.0622 e. The fraction of sp³-hybridized carbons (Fsp3) is 0.600. The molecule has 0 amide bonds. The van der Waals surface area contributed by atoms with Gasteiger partial charge in [-0.1, -0.05) is 28.1 Å². The second kappa shape index (κ2) is 7.52. The van der Waals surface area contributed by atoms with Crippen LogP contribution in [0.2, 0.25) is 0 Å². The lowest BCUT2D eigenvalue weighted by Crippen LogP contribution is -2.24. The molecule has 0 aliphatic rings. The largest absolute Gasteiger partial charge is 0.379 e. The molecule has 0 aromatic heterocycles.